The van der Waals surface area contributed by atoms with Crippen molar-refractivity contribution in [3.63, 3.8) is 0 Å². The molecular weight excluding hydrogens is 208 g/mol. The highest BCUT2D eigenvalue weighted by Gasteiger charge is 2.13. The van der Waals surface area contributed by atoms with E-state index in [1.807, 2.05) is 6.92 Å². The molecule has 0 aromatic heterocycles. The largest absolute Gasteiger partial charge is 0.314 e. The maximum Gasteiger partial charge on any atom is 0.129 e. The van der Waals surface area contributed by atoms with Crippen molar-refractivity contribution in [2.24, 2.45) is 0 Å². The van der Waals surface area contributed by atoms with Crippen molar-refractivity contribution in [3.8, 4) is 0 Å². The fraction of sp³-hybridized carbons (Fsp3) is 0.385. The normalized spacial score (nSPS) is 12.4. The van der Waals surface area contributed by atoms with Gasteiger partial charge in [-0.3, -0.25) is 0 Å². The molecule has 0 aliphatic rings. The third-order valence-electron chi connectivity index (χ3n) is 2.46. The third kappa shape index (κ3) is 3.42. The molecule has 1 unspecified atom stereocenters. The van der Waals surface area contributed by atoms with Crippen molar-refractivity contribution in [2.75, 3.05) is 6.54 Å². The van der Waals surface area contributed by atoms with E-state index in [0.29, 0.717) is 12.8 Å². The van der Waals surface area contributed by atoms with Gasteiger partial charge in [0.15, 0.2) is 0 Å². The molecule has 0 radical (unpaired) electrons. The van der Waals surface area contributed by atoms with Gasteiger partial charge in [0, 0.05) is 11.6 Å². The molecule has 1 aromatic carbocycles. The van der Waals surface area contributed by atoms with Gasteiger partial charge < -0.3 is 5.32 Å². The SMILES string of the molecule is C=CCC(Cc1c(F)cccc1F)NCC. The Morgan fingerprint density at radius 3 is 2.50 bits per heavy atom. The Kier molecular flexibility index (Phi) is 5.12. The lowest BCUT2D eigenvalue weighted by Gasteiger charge is -2.16. The molecule has 0 spiro atoms. The van der Waals surface area contributed by atoms with E-state index in [1.54, 1.807) is 6.08 Å². The highest BCUT2D eigenvalue weighted by Crippen LogP contribution is 2.15. The van der Waals surface area contributed by atoms with E-state index in [-0.39, 0.29) is 11.6 Å². The summed E-state index contributed by atoms with van der Waals surface area (Å²) < 4.78 is 26.8. The van der Waals surface area contributed by atoms with Crippen molar-refractivity contribution >= 4 is 0 Å². The molecule has 0 saturated heterocycles. The Morgan fingerprint density at radius 2 is 2.00 bits per heavy atom. The quantitative estimate of drug-likeness (QED) is 0.734. The van der Waals surface area contributed by atoms with Gasteiger partial charge in [0.1, 0.15) is 11.6 Å². The number of likely N-dealkylation sites (N-methyl/N-ethyl adjacent to an activating group) is 1. The van der Waals surface area contributed by atoms with Gasteiger partial charge in [-0.05, 0) is 31.5 Å². The molecule has 88 valence electrons. The van der Waals surface area contributed by atoms with Gasteiger partial charge in [-0.15, -0.1) is 6.58 Å². The van der Waals surface area contributed by atoms with Crippen molar-refractivity contribution < 1.29 is 8.78 Å². The molecule has 0 aliphatic heterocycles. The second-order valence-electron chi connectivity index (χ2n) is 3.68. The van der Waals surface area contributed by atoms with E-state index in [2.05, 4.69) is 11.9 Å². The maximum atomic E-state index is 13.4. The number of halogens is 2. The van der Waals surface area contributed by atoms with Crippen LogP contribution in [0.4, 0.5) is 8.78 Å². The molecule has 1 nitrogen and oxygen atoms in total. The van der Waals surface area contributed by atoms with Crippen LogP contribution in [-0.2, 0) is 6.42 Å². The molecule has 0 heterocycles. The molecular formula is C13H17F2N. The van der Waals surface area contributed by atoms with Crippen LogP contribution in [0.2, 0.25) is 0 Å². The molecule has 0 saturated carbocycles. The third-order valence-corrected chi connectivity index (χ3v) is 2.46. The molecule has 1 rings (SSSR count). The van der Waals surface area contributed by atoms with E-state index in [9.17, 15) is 8.78 Å². The summed E-state index contributed by atoms with van der Waals surface area (Å²) in [6.07, 6.45) is 2.80. The number of hydrogen-bond donors (Lipinski definition) is 1. The minimum Gasteiger partial charge on any atom is -0.314 e. The van der Waals surface area contributed by atoms with Gasteiger partial charge in [-0.25, -0.2) is 8.78 Å². The lowest BCUT2D eigenvalue weighted by atomic mass is 10.0. The van der Waals surface area contributed by atoms with E-state index in [1.165, 1.54) is 18.2 Å². The topological polar surface area (TPSA) is 12.0 Å². The van der Waals surface area contributed by atoms with E-state index >= 15 is 0 Å². The fourth-order valence-corrected chi connectivity index (χ4v) is 1.70. The first kappa shape index (κ1) is 12.8. The van der Waals surface area contributed by atoms with Crippen LogP contribution in [0.3, 0.4) is 0 Å². The Bertz CT molecular complexity index is 330. The van der Waals surface area contributed by atoms with Crippen molar-refractivity contribution in [1.82, 2.24) is 5.32 Å². The average molecular weight is 225 g/mol. The zero-order chi connectivity index (χ0) is 12.0. The summed E-state index contributed by atoms with van der Waals surface area (Å²) in [7, 11) is 0. The molecule has 1 aromatic rings. The molecule has 1 N–H and O–H groups in total. The van der Waals surface area contributed by atoms with Crippen LogP contribution in [0.5, 0.6) is 0 Å². The number of hydrogen-bond acceptors (Lipinski definition) is 1. The van der Waals surface area contributed by atoms with Crippen LogP contribution in [0.15, 0.2) is 30.9 Å². The minimum absolute atomic E-state index is 0.0360. The fourth-order valence-electron chi connectivity index (χ4n) is 1.70. The van der Waals surface area contributed by atoms with E-state index < -0.39 is 11.6 Å². The minimum atomic E-state index is -0.480. The first-order valence-electron chi connectivity index (χ1n) is 5.46. The molecule has 16 heavy (non-hydrogen) atoms. The van der Waals surface area contributed by atoms with Crippen LogP contribution in [0, 0.1) is 11.6 Å². The molecule has 0 fully saturated rings. The Balaban J connectivity index is 2.79. The van der Waals surface area contributed by atoms with Crippen LogP contribution in [0.25, 0.3) is 0 Å². The van der Waals surface area contributed by atoms with E-state index in [0.717, 1.165) is 6.54 Å². The highest BCUT2D eigenvalue weighted by atomic mass is 19.1. The zero-order valence-corrected chi connectivity index (χ0v) is 9.47. The Labute approximate surface area is 95.2 Å². The van der Waals surface area contributed by atoms with Gasteiger partial charge >= 0.3 is 0 Å². The Morgan fingerprint density at radius 1 is 1.38 bits per heavy atom. The molecule has 0 aliphatic carbocycles. The van der Waals surface area contributed by atoms with Gasteiger partial charge in [-0.1, -0.05) is 19.1 Å². The van der Waals surface area contributed by atoms with Crippen LogP contribution in [0.1, 0.15) is 18.9 Å². The zero-order valence-electron chi connectivity index (χ0n) is 9.47. The average Bonchev–Trinajstić information content (AvgIpc) is 2.24. The van der Waals surface area contributed by atoms with Crippen molar-refractivity contribution in [3.05, 3.63) is 48.1 Å². The first-order chi connectivity index (χ1) is 7.69. The summed E-state index contributed by atoms with van der Waals surface area (Å²) in [5, 5.41) is 3.18. The predicted octanol–water partition coefficient (Wildman–Crippen LogP) is 3.06. The van der Waals surface area contributed by atoms with Crippen LogP contribution in [-0.4, -0.2) is 12.6 Å². The second-order valence-corrected chi connectivity index (χ2v) is 3.68. The van der Waals surface area contributed by atoms with E-state index in [4.69, 9.17) is 0 Å². The monoisotopic (exact) mass is 225 g/mol. The standard InChI is InChI=1S/C13H17F2N/c1-3-6-10(16-4-2)9-11-12(14)7-5-8-13(11)15/h3,5,7-8,10,16H,1,4,6,9H2,2H3. The smallest absolute Gasteiger partial charge is 0.129 e. The molecule has 0 bridgehead atoms. The Hall–Kier alpha value is -1.22. The summed E-state index contributed by atoms with van der Waals surface area (Å²) in [6.45, 7) is 6.38. The van der Waals surface area contributed by atoms with Gasteiger partial charge in [0.05, 0.1) is 0 Å². The maximum absolute atomic E-state index is 13.4. The number of benzene rings is 1. The molecule has 1 atom stereocenters. The van der Waals surface area contributed by atoms with Gasteiger partial charge in [0.25, 0.3) is 0 Å². The second kappa shape index (κ2) is 6.38. The van der Waals surface area contributed by atoms with Crippen LogP contribution < -0.4 is 5.32 Å². The van der Waals surface area contributed by atoms with Crippen molar-refractivity contribution in [2.45, 2.75) is 25.8 Å². The number of rotatable bonds is 6. The molecule has 0 amide bonds. The lowest BCUT2D eigenvalue weighted by molar-refractivity contribution is 0.489. The predicted molar refractivity (Wildman–Crippen MR) is 62.3 cm³/mol. The highest BCUT2D eigenvalue weighted by molar-refractivity contribution is 5.20. The molecule has 3 heteroatoms. The first-order valence-corrected chi connectivity index (χ1v) is 5.46. The summed E-state index contributed by atoms with van der Waals surface area (Å²) in [5.74, 6) is -0.959. The van der Waals surface area contributed by atoms with Gasteiger partial charge in [-0.2, -0.15) is 0 Å². The summed E-state index contributed by atoms with van der Waals surface area (Å²) in [4.78, 5) is 0. The van der Waals surface area contributed by atoms with Crippen molar-refractivity contribution in [1.29, 1.82) is 0 Å². The number of nitrogens with one attached hydrogen (secondary N) is 1. The summed E-state index contributed by atoms with van der Waals surface area (Å²) in [6, 6.07) is 3.99. The lowest BCUT2D eigenvalue weighted by Crippen LogP contribution is -2.31. The summed E-state index contributed by atoms with van der Waals surface area (Å²) >= 11 is 0. The summed E-state index contributed by atoms with van der Waals surface area (Å²) in [5.41, 5.74) is 0.148. The van der Waals surface area contributed by atoms with Crippen LogP contribution >= 0.6 is 0 Å². The van der Waals surface area contributed by atoms with Gasteiger partial charge in [0.2, 0.25) is 0 Å².